The van der Waals surface area contributed by atoms with Gasteiger partial charge in [-0.15, -0.1) is 11.8 Å². The second-order valence-corrected chi connectivity index (χ2v) is 7.33. The topological polar surface area (TPSA) is 75.7 Å². The molecule has 0 aliphatic carbocycles. The van der Waals surface area contributed by atoms with Gasteiger partial charge in [-0.05, 0) is 36.8 Å². The summed E-state index contributed by atoms with van der Waals surface area (Å²) in [6.07, 6.45) is 0. The van der Waals surface area contributed by atoms with Crippen molar-refractivity contribution in [3.8, 4) is 0 Å². The Bertz CT molecular complexity index is 819. The van der Waals surface area contributed by atoms with Crippen LogP contribution >= 0.6 is 11.8 Å². The Balaban J connectivity index is 1.73. The third-order valence-electron chi connectivity index (χ3n) is 4.01. The number of esters is 1. The molecule has 0 aromatic heterocycles. The normalized spacial score (nSPS) is 10.2. The maximum atomic E-state index is 12.2. The van der Waals surface area contributed by atoms with Crippen LogP contribution in [0.15, 0.2) is 48.5 Å². The van der Waals surface area contributed by atoms with Gasteiger partial charge in [0.05, 0.1) is 24.2 Å². The molecule has 0 aliphatic heterocycles. The van der Waals surface area contributed by atoms with E-state index in [4.69, 9.17) is 0 Å². The van der Waals surface area contributed by atoms with Crippen molar-refractivity contribution in [2.45, 2.75) is 13.5 Å². The van der Waals surface area contributed by atoms with Gasteiger partial charge in [-0.25, -0.2) is 4.79 Å². The predicted molar refractivity (Wildman–Crippen MR) is 111 cm³/mol. The van der Waals surface area contributed by atoms with Gasteiger partial charge in [0.1, 0.15) is 0 Å². The second-order valence-electron chi connectivity index (χ2n) is 6.35. The first-order valence-electron chi connectivity index (χ1n) is 8.74. The molecule has 148 valence electrons. The lowest BCUT2D eigenvalue weighted by Crippen LogP contribution is -2.28. The highest BCUT2D eigenvalue weighted by Crippen LogP contribution is 2.12. The lowest BCUT2D eigenvalue weighted by Gasteiger charge is -2.17. The number of nitrogens with one attached hydrogen (secondary N) is 1. The van der Waals surface area contributed by atoms with Crippen molar-refractivity contribution in [1.82, 2.24) is 4.90 Å². The number of hydrogen-bond donors (Lipinski definition) is 1. The Morgan fingerprint density at radius 1 is 1.00 bits per heavy atom. The Hall–Kier alpha value is -2.80. The van der Waals surface area contributed by atoms with Gasteiger partial charge < -0.3 is 15.0 Å². The van der Waals surface area contributed by atoms with Gasteiger partial charge >= 0.3 is 5.97 Å². The molecule has 1 N–H and O–H groups in total. The summed E-state index contributed by atoms with van der Waals surface area (Å²) in [6, 6.07) is 14.5. The molecular weight excluding hydrogens is 376 g/mol. The number of nitrogens with zero attached hydrogens (tertiary/aromatic N) is 1. The van der Waals surface area contributed by atoms with Crippen molar-refractivity contribution >= 4 is 35.2 Å². The molecule has 0 atom stereocenters. The van der Waals surface area contributed by atoms with Crippen LogP contribution in [0.5, 0.6) is 0 Å². The minimum atomic E-state index is -0.392. The summed E-state index contributed by atoms with van der Waals surface area (Å²) < 4.78 is 4.66. The van der Waals surface area contributed by atoms with E-state index in [0.717, 1.165) is 16.8 Å². The standard InChI is InChI=1S/C21H24N2O4S/c1-15-4-10-18(11-5-15)22-19(24)13-28-14-20(25)23(2)12-16-6-8-17(9-7-16)21(26)27-3/h4-11H,12-14H2,1-3H3,(H,22,24). The van der Waals surface area contributed by atoms with Crippen LogP contribution in [0.4, 0.5) is 5.69 Å². The molecule has 7 heteroatoms. The average molecular weight is 401 g/mol. The smallest absolute Gasteiger partial charge is 0.337 e. The van der Waals surface area contributed by atoms with Gasteiger partial charge in [-0.2, -0.15) is 0 Å². The number of hydrogen-bond acceptors (Lipinski definition) is 5. The Morgan fingerprint density at radius 3 is 2.25 bits per heavy atom. The monoisotopic (exact) mass is 400 g/mol. The van der Waals surface area contributed by atoms with Gasteiger partial charge in [-0.3, -0.25) is 9.59 Å². The van der Waals surface area contributed by atoms with Gasteiger partial charge in [0.25, 0.3) is 0 Å². The summed E-state index contributed by atoms with van der Waals surface area (Å²) in [5.74, 6) is -0.163. The lowest BCUT2D eigenvalue weighted by atomic mass is 10.1. The SMILES string of the molecule is COC(=O)c1ccc(CN(C)C(=O)CSCC(=O)Nc2ccc(C)cc2)cc1. The van der Waals surface area contributed by atoms with Crippen molar-refractivity contribution in [3.63, 3.8) is 0 Å². The number of carbonyl (C=O) groups excluding carboxylic acids is 3. The molecule has 2 aromatic rings. The van der Waals surface area contributed by atoms with Gasteiger partial charge in [0.2, 0.25) is 11.8 Å². The Kier molecular flexibility index (Phi) is 8.07. The van der Waals surface area contributed by atoms with Crippen molar-refractivity contribution in [3.05, 3.63) is 65.2 Å². The zero-order chi connectivity index (χ0) is 20.5. The van der Waals surface area contributed by atoms with E-state index in [-0.39, 0.29) is 23.3 Å². The summed E-state index contributed by atoms with van der Waals surface area (Å²) in [5, 5.41) is 2.81. The van der Waals surface area contributed by atoms with Gasteiger partial charge in [0, 0.05) is 19.3 Å². The summed E-state index contributed by atoms with van der Waals surface area (Å²) in [4.78, 5) is 37.2. The van der Waals surface area contributed by atoms with Crippen LogP contribution < -0.4 is 5.32 Å². The largest absolute Gasteiger partial charge is 0.465 e. The highest BCUT2D eigenvalue weighted by molar-refractivity contribution is 8.00. The molecule has 2 aromatic carbocycles. The van der Waals surface area contributed by atoms with Crippen LogP contribution in [0.3, 0.4) is 0 Å². The molecule has 6 nitrogen and oxygen atoms in total. The first-order chi connectivity index (χ1) is 13.4. The number of anilines is 1. The van der Waals surface area contributed by atoms with E-state index in [1.165, 1.54) is 18.9 Å². The van der Waals surface area contributed by atoms with E-state index >= 15 is 0 Å². The van der Waals surface area contributed by atoms with E-state index in [9.17, 15) is 14.4 Å². The summed E-state index contributed by atoms with van der Waals surface area (Å²) in [6.45, 7) is 2.41. The maximum absolute atomic E-state index is 12.2. The molecule has 0 fully saturated rings. The molecule has 2 amide bonds. The highest BCUT2D eigenvalue weighted by atomic mass is 32.2. The van der Waals surface area contributed by atoms with Crippen LogP contribution in [0.1, 0.15) is 21.5 Å². The molecule has 2 rings (SSSR count). The Labute approximate surface area is 169 Å². The first kappa shape index (κ1) is 21.5. The number of thioether (sulfide) groups is 1. The van der Waals surface area contributed by atoms with Crippen LogP contribution in [0.2, 0.25) is 0 Å². The minimum Gasteiger partial charge on any atom is -0.465 e. The van der Waals surface area contributed by atoms with Crippen LogP contribution in [0.25, 0.3) is 0 Å². The molecule has 0 saturated heterocycles. The molecular formula is C21H24N2O4S. The van der Waals surface area contributed by atoms with E-state index in [0.29, 0.717) is 12.1 Å². The number of carbonyl (C=O) groups is 3. The molecule has 0 heterocycles. The predicted octanol–water partition coefficient (Wildman–Crippen LogP) is 3.11. The minimum absolute atomic E-state index is 0.0646. The van der Waals surface area contributed by atoms with Crippen LogP contribution in [-0.2, 0) is 20.9 Å². The quantitative estimate of drug-likeness (QED) is 0.689. The fraction of sp³-hybridized carbons (Fsp3) is 0.286. The van der Waals surface area contributed by atoms with Crippen LogP contribution in [0, 0.1) is 6.92 Å². The number of amides is 2. The molecule has 0 bridgehead atoms. The third-order valence-corrected chi connectivity index (χ3v) is 4.93. The van der Waals surface area contributed by atoms with Crippen LogP contribution in [-0.4, -0.2) is 48.3 Å². The lowest BCUT2D eigenvalue weighted by molar-refractivity contribution is -0.127. The van der Waals surface area contributed by atoms with Crippen molar-refractivity contribution < 1.29 is 19.1 Å². The van der Waals surface area contributed by atoms with E-state index in [1.807, 2.05) is 31.2 Å². The van der Waals surface area contributed by atoms with Crippen molar-refractivity contribution in [2.75, 3.05) is 31.0 Å². The third kappa shape index (κ3) is 6.74. The van der Waals surface area contributed by atoms with Crippen molar-refractivity contribution in [1.29, 1.82) is 0 Å². The van der Waals surface area contributed by atoms with E-state index < -0.39 is 5.97 Å². The summed E-state index contributed by atoms with van der Waals surface area (Å²) in [5.41, 5.74) is 3.25. The fourth-order valence-electron chi connectivity index (χ4n) is 2.40. The molecule has 28 heavy (non-hydrogen) atoms. The molecule has 0 spiro atoms. The Morgan fingerprint density at radius 2 is 1.64 bits per heavy atom. The average Bonchev–Trinajstić information content (AvgIpc) is 2.69. The number of methoxy groups -OCH3 is 1. The van der Waals surface area contributed by atoms with E-state index in [1.54, 1.807) is 36.2 Å². The van der Waals surface area contributed by atoms with Gasteiger partial charge in [-0.1, -0.05) is 29.8 Å². The zero-order valence-electron chi connectivity index (χ0n) is 16.2. The fourth-order valence-corrected chi connectivity index (χ4v) is 3.16. The second kappa shape index (κ2) is 10.5. The van der Waals surface area contributed by atoms with Crippen molar-refractivity contribution in [2.24, 2.45) is 0 Å². The maximum Gasteiger partial charge on any atom is 0.337 e. The zero-order valence-corrected chi connectivity index (χ0v) is 17.0. The first-order valence-corrected chi connectivity index (χ1v) is 9.90. The molecule has 0 saturated carbocycles. The molecule has 0 radical (unpaired) electrons. The molecule has 0 aliphatic rings. The molecule has 0 unspecified atom stereocenters. The van der Waals surface area contributed by atoms with Gasteiger partial charge in [0.15, 0.2) is 0 Å². The highest BCUT2D eigenvalue weighted by Gasteiger charge is 2.12. The summed E-state index contributed by atoms with van der Waals surface area (Å²) in [7, 11) is 3.05. The number of aryl methyl sites for hydroxylation is 1. The number of rotatable bonds is 8. The summed E-state index contributed by atoms with van der Waals surface area (Å²) >= 11 is 1.28. The van der Waals surface area contributed by atoms with E-state index in [2.05, 4.69) is 10.1 Å². The number of ether oxygens (including phenoxy) is 1. The number of benzene rings is 2.